The van der Waals surface area contributed by atoms with Crippen LogP contribution >= 0.6 is 0 Å². The Bertz CT molecular complexity index is 531. The molecule has 1 unspecified atom stereocenters. The molecule has 0 amide bonds. The van der Waals surface area contributed by atoms with Crippen molar-refractivity contribution in [3.05, 3.63) is 23.8 Å². The average Bonchev–Trinajstić information content (AvgIpc) is 2.99. The lowest BCUT2D eigenvalue weighted by Gasteiger charge is -2.41. The minimum absolute atomic E-state index is 0.222. The summed E-state index contributed by atoms with van der Waals surface area (Å²) >= 11 is 0. The van der Waals surface area contributed by atoms with E-state index in [4.69, 9.17) is 9.47 Å². The summed E-state index contributed by atoms with van der Waals surface area (Å²) in [5, 5.41) is 0. The van der Waals surface area contributed by atoms with Gasteiger partial charge in [0, 0.05) is 11.5 Å². The highest BCUT2D eigenvalue weighted by molar-refractivity contribution is 5.48. The molecule has 2 aliphatic heterocycles. The molecule has 0 spiro atoms. The summed E-state index contributed by atoms with van der Waals surface area (Å²) in [6.07, 6.45) is 6.27. The van der Waals surface area contributed by atoms with Crippen molar-refractivity contribution in [2.24, 2.45) is 0 Å². The molecule has 0 radical (unpaired) electrons. The number of hydrogen-bond donors (Lipinski definition) is 0. The van der Waals surface area contributed by atoms with Gasteiger partial charge in [0.1, 0.15) is 0 Å². The topological polar surface area (TPSA) is 21.7 Å². The Morgan fingerprint density at radius 1 is 1.20 bits per heavy atom. The first-order valence-corrected chi connectivity index (χ1v) is 7.51. The Morgan fingerprint density at radius 2 is 2.05 bits per heavy atom. The molecule has 4 heteroatoms. The van der Waals surface area contributed by atoms with E-state index in [-0.39, 0.29) is 5.41 Å². The highest BCUT2D eigenvalue weighted by Crippen LogP contribution is 2.50. The van der Waals surface area contributed by atoms with Crippen LogP contribution < -0.4 is 9.47 Å². The summed E-state index contributed by atoms with van der Waals surface area (Å²) in [7, 11) is 2.22. The fraction of sp³-hybridized carbons (Fsp3) is 0.625. The molecule has 3 atom stereocenters. The van der Waals surface area contributed by atoms with E-state index in [0.717, 1.165) is 6.54 Å². The molecule has 108 valence electrons. The number of fused-ring (bicyclic) bond motifs is 2. The van der Waals surface area contributed by atoms with Gasteiger partial charge in [-0.1, -0.05) is 18.9 Å². The molecule has 1 aromatic rings. The van der Waals surface area contributed by atoms with Crippen LogP contribution in [-0.4, -0.2) is 31.1 Å². The molecule has 2 heterocycles. The molecule has 0 N–H and O–H groups in total. The van der Waals surface area contributed by atoms with Crippen LogP contribution in [0.15, 0.2) is 18.2 Å². The molecule has 0 aromatic heterocycles. The molecule has 1 saturated heterocycles. The van der Waals surface area contributed by atoms with Gasteiger partial charge in [0.25, 0.3) is 0 Å². The number of likely N-dealkylation sites (N-methyl/N-ethyl adjacent to an activating group) is 1. The van der Waals surface area contributed by atoms with Crippen LogP contribution in [-0.2, 0) is 5.41 Å². The van der Waals surface area contributed by atoms with Crippen LogP contribution in [0.2, 0.25) is 0 Å². The molecule has 1 aliphatic carbocycles. The molecule has 3 aliphatic rings. The van der Waals surface area contributed by atoms with Gasteiger partial charge in [-0.15, -0.1) is 0 Å². The quantitative estimate of drug-likeness (QED) is 0.786. The third-order valence-electron chi connectivity index (χ3n) is 5.39. The van der Waals surface area contributed by atoms with Crippen LogP contribution in [0.5, 0.6) is 11.5 Å². The number of hydrogen-bond acceptors (Lipinski definition) is 3. The van der Waals surface area contributed by atoms with Crippen molar-refractivity contribution in [3.63, 3.8) is 0 Å². The van der Waals surface area contributed by atoms with Crippen molar-refractivity contribution in [1.29, 1.82) is 0 Å². The molecule has 1 saturated carbocycles. The van der Waals surface area contributed by atoms with Crippen molar-refractivity contribution in [1.82, 2.24) is 4.90 Å². The Balaban J connectivity index is 1.74. The molecule has 2 fully saturated rings. The van der Waals surface area contributed by atoms with E-state index < -0.39 is 6.54 Å². The lowest BCUT2D eigenvalue weighted by Crippen LogP contribution is -2.43. The van der Waals surface area contributed by atoms with Gasteiger partial charge < -0.3 is 14.4 Å². The first kappa shape index (κ1) is 12.5. The molecular formula is C16H20FNO2. The second-order valence-electron chi connectivity index (χ2n) is 6.32. The van der Waals surface area contributed by atoms with Gasteiger partial charge in [-0.05, 0) is 50.6 Å². The lowest BCUT2D eigenvalue weighted by atomic mass is 9.66. The number of rotatable bonds is 1. The SMILES string of the molecule is CN1CC[C@]2(c3ccc4c(c3)OC(F)O4)CCCC[C@H]12. The maximum atomic E-state index is 13.2. The van der Waals surface area contributed by atoms with E-state index in [2.05, 4.69) is 18.0 Å². The van der Waals surface area contributed by atoms with Gasteiger partial charge in [-0.3, -0.25) is 0 Å². The van der Waals surface area contributed by atoms with Crippen molar-refractivity contribution in [2.75, 3.05) is 13.6 Å². The van der Waals surface area contributed by atoms with Gasteiger partial charge in [0.05, 0.1) is 0 Å². The molecule has 4 rings (SSSR count). The van der Waals surface area contributed by atoms with Crippen molar-refractivity contribution >= 4 is 0 Å². The Kier molecular flexibility index (Phi) is 2.71. The van der Waals surface area contributed by atoms with Crippen LogP contribution in [0.3, 0.4) is 0 Å². The summed E-state index contributed by atoms with van der Waals surface area (Å²) in [5.74, 6) is 1.08. The van der Waals surface area contributed by atoms with Crippen LogP contribution in [0.4, 0.5) is 4.39 Å². The van der Waals surface area contributed by atoms with Crippen LogP contribution in [0.25, 0.3) is 0 Å². The van der Waals surface area contributed by atoms with E-state index in [9.17, 15) is 4.39 Å². The minimum Gasteiger partial charge on any atom is -0.425 e. The normalized spacial score (nSPS) is 36.1. The molecule has 0 bridgehead atoms. The number of benzene rings is 1. The third kappa shape index (κ3) is 1.67. The van der Waals surface area contributed by atoms with E-state index in [0.29, 0.717) is 17.5 Å². The van der Waals surface area contributed by atoms with Crippen LogP contribution in [0.1, 0.15) is 37.7 Å². The number of alkyl halides is 1. The summed E-state index contributed by atoms with van der Waals surface area (Å²) < 4.78 is 23.3. The summed E-state index contributed by atoms with van der Waals surface area (Å²) in [5.41, 5.74) is 1.52. The average molecular weight is 277 g/mol. The van der Waals surface area contributed by atoms with Crippen molar-refractivity contribution in [2.45, 2.75) is 50.1 Å². The van der Waals surface area contributed by atoms with Crippen molar-refractivity contribution < 1.29 is 13.9 Å². The fourth-order valence-electron chi connectivity index (χ4n) is 4.40. The Morgan fingerprint density at radius 3 is 2.95 bits per heavy atom. The van der Waals surface area contributed by atoms with Gasteiger partial charge in [0.15, 0.2) is 11.5 Å². The number of ether oxygens (including phenoxy) is 2. The minimum atomic E-state index is -1.65. The zero-order valence-electron chi connectivity index (χ0n) is 11.8. The zero-order chi connectivity index (χ0) is 13.7. The molecule has 1 aromatic carbocycles. The van der Waals surface area contributed by atoms with Gasteiger partial charge in [0.2, 0.25) is 0 Å². The Hall–Kier alpha value is -1.29. The summed E-state index contributed by atoms with van der Waals surface area (Å²) in [6.45, 7) is -0.503. The van der Waals surface area contributed by atoms with Gasteiger partial charge in [-0.25, -0.2) is 0 Å². The van der Waals surface area contributed by atoms with Gasteiger partial charge >= 0.3 is 6.54 Å². The van der Waals surface area contributed by atoms with Gasteiger partial charge in [-0.2, -0.15) is 4.39 Å². The highest BCUT2D eigenvalue weighted by Gasteiger charge is 2.48. The second kappa shape index (κ2) is 4.35. The monoisotopic (exact) mass is 277 g/mol. The molecule has 20 heavy (non-hydrogen) atoms. The number of likely N-dealkylation sites (tertiary alicyclic amines) is 1. The summed E-state index contributed by atoms with van der Waals surface area (Å²) in [4.78, 5) is 2.49. The summed E-state index contributed by atoms with van der Waals surface area (Å²) in [6, 6.07) is 6.59. The maximum Gasteiger partial charge on any atom is 0.397 e. The zero-order valence-corrected chi connectivity index (χ0v) is 11.8. The lowest BCUT2D eigenvalue weighted by molar-refractivity contribution is -0.0652. The van der Waals surface area contributed by atoms with Crippen LogP contribution in [0, 0.1) is 0 Å². The third-order valence-corrected chi connectivity index (χ3v) is 5.39. The number of nitrogens with zero attached hydrogens (tertiary/aromatic N) is 1. The van der Waals surface area contributed by atoms with E-state index in [1.807, 2.05) is 12.1 Å². The highest BCUT2D eigenvalue weighted by atomic mass is 19.2. The van der Waals surface area contributed by atoms with Crippen molar-refractivity contribution in [3.8, 4) is 11.5 Å². The standard InChI is InChI=1S/C16H20FNO2/c1-18-9-8-16(7-3-2-4-14(16)18)11-5-6-12-13(10-11)20-15(17)19-12/h5-6,10,14-15H,2-4,7-9H2,1H3/t14-,15?,16-/m0/s1. The first-order chi connectivity index (χ1) is 9.69. The molecular weight excluding hydrogens is 257 g/mol. The maximum absolute atomic E-state index is 13.2. The fourth-order valence-corrected chi connectivity index (χ4v) is 4.40. The first-order valence-electron chi connectivity index (χ1n) is 7.51. The largest absolute Gasteiger partial charge is 0.425 e. The van der Waals surface area contributed by atoms with E-state index in [1.165, 1.54) is 37.7 Å². The predicted molar refractivity (Wildman–Crippen MR) is 73.8 cm³/mol. The number of halogens is 1. The van der Waals surface area contributed by atoms with E-state index in [1.54, 1.807) is 0 Å². The predicted octanol–water partition coefficient (Wildman–Crippen LogP) is 3.23. The second-order valence-corrected chi connectivity index (χ2v) is 6.32. The Labute approximate surface area is 118 Å². The molecule has 3 nitrogen and oxygen atoms in total. The smallest absolute Gasteiger partial charge is 0.397 e. The van der Waals surface area contributed by atoms with E-state index >= 15 is 0 Å².